The molecular weight excluding hydrogens is 248 g/mol. The smallest absolute Gasteiger partial charge is 0.346 e. The number of alkyl halides is 2. The SMILES string of the molecule is [CH2]C[C@H]1O[C@H](c2c[nH]c(=O)nc2N)C(F)(F)[C@@H]1O. The summed E-state index contributed by atoms with van der Waals surface area (Å²) in [5.41, 5.74) is 4.51. The summed E-state index contributed by atoms with van der Waals surface area (Å²) in [7, 11) is 0. The molecule has 3 atom stereocenters. The molecule has 18 heavy (non-hydrogen) atoms. The van der Waals surface area contributed by atoms with E-state index in [0.717, 1.165) is 6.20 Å². The number of hydrogen-bond acceptors (Lipinski definition) is 5. The molecule has 2 rings (SSSR count). The van der Waals surface area contributed by atoms with Crippen molar-refractivity contribution < 1.29 is 18.6 Å². The highest BCUT2D eigenvalue weighted by Crippen LogP contribution is 2.47. The Morgan fingerprint density at radius 3 is 2.83 bits per heavy atom. The van der Waals surface area contributed by atoms with Gasteiger partial charge in [-0.3, -0.25) is 0 Å². The third kappa shape index (κ3) is 1.87. The highest BCUT2D eigenvalue weighted by atomic mass is 19.3. The fourth-order valence-corrected chi connectivity index (χ4v) is 1.88. The second kappa shape index (κ2) is 4.29. The summed E-state index contributed by atoms with van der Waals surface area (Å²) in [5, 5.41) is 9.45. The second-order valence-corrected chi connectivity index (χ2v) is 4.01. The number of nitrogens with one attached hydrogen (secondary N) is 1. The van der Waals surface area contributed by atoms with Gasteiger partial charge in [0.25, 0.3) is 0 Å². The first-order chi connectivity index (χ1) is 8.37. The van der Waals surface area contributed by atoms with Crippen molar-refractivity contribution in [3.63, 3.8) is 0 Å². The standard InChI is InChI=1S/C10H12F2N3O3/c1-2-5-6(16)10(11,12)7(18-5)4-3-14-9(17)15-8(4)13/h3,5-7,16H,1-2H2,(H3,13,14,15,17)/t5-,6-,7-/m1/s1. The van der Waals surface area contributed by atoms with Crippen molar-refractivity contribution in [2.75, 3.05) is 5.73 Å². The first-order valence-corrected chi connectivity index (χ1v) is 5.23. The van der Waals surface area contributed by atoms with Crippen molar-refractivity contribution in [1.82, 2.24) is 9.97 Å². The third-order valence-electron chi connectivity index (χ3n) is 2.84. The molecule has 1 aliphatic rings. The van der Waals surface area contributed by atoms with Gasteiger partial charge in [0.1, 0.15) is 11.9 Å². The minimum atomic E-state index is -3.52. The van der Waals surface area contributed by atoms with Crippen molar-refractivity contribution in [2.45, 2.75) is 30.7 Å². The minimum Gasteiger partial charge on any atom is -0.384 e. The Morgan fingerprint density at radius 2 is 2.33 bits per heavy atom. The maximum Gasteiger partial charge on any atom is 0.346 e. The van der Waals surface area contributed by atoms with E-state index < -0.39 is 29.9 Å². The first-order valence-electron chi connectivity index (χ1n) is 5.23. The Morgan fingerprint density at radius 1 is 1.67 bits per heavy atom. The van der Waals surface area contributed by atoms with Crippen LogP contribution < -0.4 is 11.4 Å². The van der Waals surface area contributed by atoms with Crippen LogP contribution in [0.5, 0.6) is 0 Å². The van der Waals surface area contributed by atoms with E-state index in [0.29, 0.717) is 0 Å². The predicted octanol–water partition coefficient (Wildman–Crippen LogP) is 0.0124. The monoisotopic (exact) mass is 260 g/mol. The van der Waals surface area contributed by atoms with E-state index in [1.54, 1.807) is 0 Å². The van der Waals surface area contributed by atoms with Gasteiger partial charge in [0, 0.05) is 11.8 Å². The molecule has 1 aromatic rings. The van der Waals surface area contributed by atoms with Gasteiger partial charge in [-0.05, 0) is 6.42 Å². The summed E-state index contributed by atoms with van der Waals surface area (Å²) in [6.07, 6.45) is -3.79. The summed E-state index contributed by atoms with van der Waals surface area (Å²) < 4.78 is 32.7. The summed E-state index contributed by atoms with van der Waals surface area (Å²) in [4.78, 5) is 16.3. The lowest BCUT2D eigenvalue weighted by Gasteiger charge is -2.20. The van der Waals surface area contributed by atoms with Gasteiger partial charge in [-0.15, -0.1) is 0 Å². The zero-order chi connectivity index (χ0) is 13.5. The number of hydrogen-bond donors (Lipinski definition) is 3. The molecular formula is C10H12F2N3O3. The van der Waals surface area contributed by atoms with Crippen LogP contribution in [0.4, 0.5) is 14.6 Å². The van der Waals surface area contributed by atoms with E-state index >= 15 is 0 Å². The summed E-state index contributed by atoms with van der Waals surface area (Å²) >= 11 is 0. The van der Waals surface area contributed by atoms with Crippen LogP contribution in [0.1, 0.15) is 18.1 Å². The lowest BCUT2D eigenvalue weighted by atomic mass is 10.0. The van der Waals surface area contributed by atoms with Crippen LogP contribution >= 0.6 is 0 Å². The van der Waals surface area contributed by atoms with E-state index in [1.807, 2.05) is 0 Å². The minimum absolute atomic E-state index is 0.00998. The maximum absolute atomic E-state index is 13.8. The number of anilines is 1. The number of ether oxygens (including phenoxy) is 1. The van der Waals surface area contributed by atoms with E-state index in [4.69, 9.17) is 10.5 Å². The predicted molar refractivity (Wildman–Crippen MR) is 57.8 cm³/mol. The van der Waals surface area contributed by atoms with E-state index in [-0.39, 0.29) is 17.8 Å². The quantitative estimate of drug-likeness (QED) is 0.695. The van der Waals surface area contributed by atoms with Gasteiger partial charge in [0.2, 0.25) is 0 Å². The van der Waals surface area contributed by atoms with Crippen molar-refractivity contribution >= 4 is 5.82 Å². The van der Waals surface area contributed by atoms with Gasteiger partial charge in [0.15, 0.2) is 6.10 Å². The number of nitrogens with two attached hydrogens (primary N) is 1. The maximum atomic E-state index is 13.8. The Hall–Kier alpha value is -1.54. The van der Waals surface area contributed by atoms with Crippen LogP contribution in [0, 0.1) is 6.92 Å². The molecule has 0 bridgehead atoms. The van der Waals surface area contributed by atoms with Crippen LogP contribution in [0.15, 0.2) is 11.0 Å². The number of nitrogen functional groups attached to an aromatic ring is 1. The average Bonchev–Trinajstić information content (AvgIpc) is 2.52. The Bertz CT molecular complexity index is 505. The number of aromatic amines is 1. The molecule has 0 aromatic carbocycles. The van der Waals surface area contributed by atoms with Crippen molar-refractivity contribution in [1.29, 1.82) is 0 Å². The number of halogens is 2. The average molecular weight is 260 g/mol. The van der Waals surface area contributed by atoms with Crippen LogP contribution in [-0.2, 0) is 4.74 Å². The van der Waals surface area contributed by atoms with E-state index in [1.165, 1.54) is 0 Å². The number of H-pyrrole nitrogens is 1. The van der Waals surface area contributed by atoms with Gasteiger partial charge in [-0.25, -0.2) is 13.6 Å². The van der Waals surface area contributed by atoms with Gasteiger partial charge in [0.05, 0.1) is 6.10 Å². The highest BCUT2D eigenvalue weighted by molar-refractivity contribution is 5.40. The molecule has 1 fully saturated rings. The van der Waals surface area contributed by atoms with Crippen LogP contribution in [-0.4, -0.2) is 33.2 Å². The van der Waals surface area contributed by atoms with Crippen LogP contribution in [0.2, 0.25) is 0 Å². The van der Waals surface area contributed by atoms with Crippen molar-refractivity contribution in [3.8, 4) is 0 Å². The Labute approximate surface area is 101 Å². The topological polar surface area (TPSA) is 101 Å². The first kappa shape index (κ1) is 12.9. The molecule has 2 heterocycles. The summed E-state index contributed by atoms with van der Waals surface area (Å²) in [6, 6.07) is 0. The van der Waals surface area contributed by atoms with Gasteiger partial charge >= 0.3 is 11.6 Å². The fourth-order valence-electron chi connectivity index (χ4n) is 1.88. The molecule has 6 nitrogen and oxygen atoms in total. The van der Waals surface area contributed by atoms with E-state index in [2.05, 4.69) is 16.9 Å². The number of rotatable bonds is 2. The Kier molecular flexibility index (Phi) is 3.07. The van der Waals surface area contributed by atoms with Crippen molar-refractivity contribution in [2.24, 2.45) is 0 Å². The Balaban J connectivity index is 2.42. The lowest BCUT2D eigenvalue weighted by Crippen LogP contribution is -2.37. The number of aliphatic hydroxyl groups is 1. The lowest BCUT2D eigenvalue weighted by molar-refractivity contribution is -0.113. The fraction of sp³-hybridized carbons (Fsp3) is 0.500. The van der Waals surface area contributed by atoms with Crippen LogP contribution in [0.25, 0.3) is 0 Å². The molecule has 1 aliphatic heterocycles. The zero-order valence-corrected chi connectivity index (χ0v) is 9.27. The second-order valence-electron chi connectivity index (χ2n) is 4.01. The summed E-state index contributed by atoms with van der Waals surface area (Å²) in [5.74, 6) is -3.86. The molecule has 1 saturated heterocycles. The molecule has 0 aliphatic carbocycles. The molecule has 0 unspecified atom stereocenters. The number of aromatic nitrogens is 2. The largest absolute Gasteiger partial charge is 0.384 e. The third-order valence-corrected chi connectivity index (χ3v) is 2.84. The van der Waals surface area contributed by atoms with Crippen molar-refractivity contribution in [3.05, 3.63) is 29.2 Å². The highest BCUT2D eigenvalue weighted by Gasteiger charge is 2.58. The molecule has 1 aromatic heterocycles. The van der Waals surface area contributed by atoms with Crippen LogP contribution in [0.3, 0.4) is 0 Å². The molecule has 99 valence electrons. The molecule has 0 amide bonds. The zero-order valence-electron chi connectivity index (χ0n) is 9.27. The summed E-state index contributed by atoms with van der Waals surface area (Å²) in [6.45, 7) is 3.43. The molecule has 0 saturated carbocycles. The molecule has 0 spiro atoms. The van der Waals surface area contributed by atoms with Gasteiger partial charge in [-0.2, -0.15) is 4.98 Å². The molecule has 4 N–H and O–H groups in total. The van der Waals surface area contributed by atoms with E-state index in [9.17, 15) is 18.7 Å². The normalized spacial score (nSPS) is 30.6. The van der Waals surface area contributed by atoms with Gasteiger partial charge < -0.3 is 20.6 Å². The number of nitrogens with zero attached hydrogens (tertiary/aromatic N) is 1. The molecule has 8 heteroatoms. The molecule has 1 radical (unpaired) electrons. The van der Waals surface area contributed by atoms with Gasteiger partial charge in [-0.1, -0.05) is 6.92 Å². The number of aliphatic hydroxyl groups excluding tert-OH is 1.